The second kappa shape index (κ2) is 7.96. The Morgan fingerprint density at radius 2 is 1.97 bits per heavy atom. The molecule has 2 aliphatic heterocycles. The van der Waals surface area contributed by atoms with Crippen LogP contribution < -0.4 is 10.1 Å². The number of hydrogen-bond donors (Lipinski definition) is 1. The lowest BCUT2D eigenvalue weighted by atomic mass is 10.2. The first kappa shape index (κ1) is 20.2. The van der Waals surface area contributed by atoms with E-state index in [-0.39, 0.29) is 42.9 Å². The second-order valence-corrected chi connectivity index (χ2v) is 8.92. The summed E-state index contributed by atoms with van der Waals surface area (Å²) in [4.78, 5) is 25.8. The number of furan rings is 1. The standard InChI is InChI=1S/C20H21N3O6S/c1-14-20(25)21-17-13-16(5-6-18(17)29-14)30(26,27)23-10-8-22(9-11-23)19(24)7-4-15-3-2-12-28-15/h2-7,12-14H,8-11H2,1H3,(H,21,25)/b7-4+/t14-/m0/s1. The van der Waals surface area contributed by atoms with Crippen molar-refractivity contribution >= 4 is 33.6 Å². The van der Waals surface area contributed by atoms with Crippen LogP contribution in [0.5, 0.6) is 5.75 Å². The van der Waals surface area contributed by atoms with Crippen molar-refractivity contribution in [1.82, 2.24) is 9.21 Å². The highest BCUT2D eigenvalue weighted by molar-refractivity contribution is 7.89. The van der Waals surface area contributed by atoms with Gasteiger partial charge < -0.3 is 19.4 Å². The third-order valence-electron chi connectivity index (χ3n) is 5.00. The quantitative estimate of drug-likeness (QED) is 0.736. The topological polar surface area (TPSA) is 109 Å². The maximum absolute atomic E-state index is 13.0. The molecule has 9 nitrogen and oxygen atoms in total. The Morgan fingerprint density at radius 1 is 1.20 bits per heavy atom. The zero-order valence-corrected chi connectivity index (χ0v) is 17.1. The van der Waals surface area contributed by atoms with Crippen molar-refractivity contribution in [2.24, 2.45) is 0 Å². The summed E-state index contributed by atoms with van der Waals surface area (Å²) in [5, 5.41) is 2.66. The first-order valence-electron chi connectivity index (χ1n) is 9.47. The van der Waals surface area contributed by atoms with Crippen LogP contribution in [0.25, 0.3) is 6.08 Å². The van der Waals surface area contributed by atoms with Crippen LogP contribution in [0, 0.1) is 0 Å². The van der Waals surface area contributed by atoms with E-state index in [0.717, 1.165) is 0 Å². The van der Waals surface area contributed by atoms with E-state index in [9.17, 15) is 18.0 Å². The van der Waals surface area contributed by atoms with Gasteiger partial charge in [-0.2, -0.15) is 4.31 Å². The average molecular weight is 431 g/mol. The van der Waals surface area contributed by atoms with E-state index in [1.807, 2.05) is 0 Å². The number of ether oxygens (including phenoxy) is 1. The third-order valence-corrected chi connectivity index (χ3v) is 6.90. The van der Waals surface area contributed by atoms with E-state index in [2.05, 4.69) is 5.32 Å². The Hall–Kier alpha value is -3.11. The molecule has 1 aromatic carbocycles. The van der Waals surface area contributed by atoms with Crippen LogP contribution in [0.15, 0.2) is 52.0 Å². The molecule has 1 N–H and O–H groups in total. The van der Waals surface area contributed by atoms with Crippen molar-refractivity contribution in [3.05, 3.63) is 48.4 Å². The molecule has 1 atom stereocenters. The molecule has 1 saturated heterocycles. The van der Waals surface area contributed by atoms with Crippen LogP contribution in [0.4, 0.5) is 5.69 Å². The number of carbonyl (C=O) groups is 2. The number of sulfonamides is 1. The number of rotatable bonds is 4. The van der Waals surface area contributed by atoms with E-state index in [4.69, 9.17) is 9.15 Å². The van der Waals surface area contributed by atoms with Gasteiger partial charge in [-0.3, -0.25) is 9.59 Å². The summed E-state index contributed by atoms with van der Waals surface area (Å²) < 4.78 is 38.0. The molecule has 0 spiro atoms. The number of fused-ring (bicyclic) bond motifs is 1. The largest absolute Gasteiger partial charge is 0.479 e. The fourth-order valence-electron chi connectivity index (χ4n) is 3.29. The number of hydrogen-bond acceptors (Lipinski definition) is 6. The van der Waals surface area contributed by atoms with Crippen molar-refractivity contribution in [1.29, 1.82) is 0 Å². The Morgan fingerprint density at radius 3 is 2.67 bits per heavy atom. The molecule has 0 radical (unpaired) electrons. The van der Waals surface area contributed by atoms with Crippen LogP contribution in [0.3, 0.4) is 0 Å². The highest BCUT2D eigenvalue weighted by Crippen LogP contribution is 2.32. The Labute approximate surface area is 173 Å². The number of carbonyl (C=O) groups excluding carboxylic acids is 2. The zero-order valence-electron chi connectivity index (χ0n) is 16.3. The zero-order chi connectivity index (χ0) is 21.3. The van der Waals surface area contributed by atoms with Gasteiger partial charge in [0, 0.05) is 32.3 Å². The normalized spacial score (nSPS) is 20.0. The van der Waals surface area contributed by atoms with Crippen LogP contribution in [0.2, 0.25) is 0 Å². The van der Waals surface area contributed by atoms with Gasteiger partial charge in [-0.1, -0.05) is 0 Å². The molecule has 30 heavy (non-hydrogen) atoms. The predicted molar refractivity (Wildman–Crippen MR) is 108 cm³/mol. The Kier molecular flexibility index (Phi) is 5.35. The molecule has 1 aromatic heterocycles. The van der Waals surface area contributed by atoms with E-state index in [0.29, 0.717) is 17.2 Å². The van der Waals surface area contributed by atoms with Crippen molar-refractivity contribution in [3.8, 4) is 5.75 Å². The van der Waals surface area contributed by atoms with E-state index >= 15 is 0 Å². The van der Waals surface area contributed by atoms with Gasteiger partial charge >= 0.3 is 0 Å². The molecule has 4 rings (SSSR count). The number of amides is 2. The van der Waals surface area contributed by atoms with Gasteiger partial charge in [0.25, 0.3) is 5.91 Å². The highest BCUT2D eigenvalue weighted by atomic mass is 32.2. The summed E-state index contributed by atoms with van der Waals surface area (Å²) in [7, 11) is -3.77. The number of benzene rings is 1. The lowest BCUT2D eigenvalue weighted by molar-refractivity contribution is -0.127. The van der Waals surface area contributed by atoms with Gasteiger partial charge in [0.05, 0.1) is 16.8 Å². The molecular weight excluding hydrogens is 410 g/mol. The van der Waals surface area contributed by atoms with Gasteiger partial charge in [0.15, 0.2) is 6.10 Å². The molecule has 2 aliphatic rings. The smallest absolute Gasteiger partial charge is 0.265 e. The number of anilines is 1. The van der Waals surface area contributed by atoms with Gasteiger partial charge in [0.2, 0.25) is 15.9 Å². The highest BCUT2D eigenvalue weighted by Gasteiger charge is 2.31. The second-order valence-electron chi connectivity index (χ2n) is 6.99. The maximum atomic E-state index is 13.0. The molecule has 0 aliphatic carbocycles. The monoisotopic (exact) mass is 431 g/mol. The maximum Gasteiger partial charge on any atom is 0.265 e. The lowest BCUT2D eigenvalue weighted by Crippen LogP contribution is -2.50. The molecule has 3 heterocycles. The fourth-order valence-corrected chi connectivity index (χ4v) is 4.74. The van der Waals surface area contributed by atoms with Crippen LogP contribution >= 0.6 is 0 Å². The molecule has 1 fully saturated rings. The van der Waals surface area contributed by atoms with E-state index in [1.54, 1.807) is 30.0 Å². The summed E-state index contributed by atoms with van der Waals surface area (Å²) in [6, 6.07) is 7.87. The van der Waals surface area contributed by atoms with Gasteiger partial charge in [-0.05, 0) is 43.3 Å². The molecule has 2 aromatic rings. The van der Waals surface area contributed by atoms with Crippen molar-refractivity contribution in [2.75, 3.05) is 31.5 Å². The third kappa shape index (κ3) is 3.96. The molecule has 10 heteroatoms. The Balaban J connectivity index is 1.42. The van der Waals surface area contributed by atoms with Crippen molar-refractivity contribution in [3.63, 3.8) is 0 Å². The Bertz CT molecular complexity index is 1090. The molecule has 0 saturated carbocycles. The summed E-state index contributed by atoms with van der Waals surface area (Å²) in [5.74, 6) is 0.472. The fraction of sp³-hybridized carbons (Fsp3) is 0.300. The molecule has 158 valence electrons. The van der Waals surface area contributed by atoms with Crippen molar-refractivity contribution < 1.29 is 27.2 Å². The van der Waals surface area contributed by atoms with Gasteiger partial charge in [-0.25, -0.2) is 8.42 Å². The SMILES string of the molecule is C[C@@H]1Oc2ccc(S(=O)(=O)N3CCN(C(=O)/C=C/c4ccco4)CC3)cc2NC1=O. The summed E-state index contributed by atoms with van der Waals surface area (Å²) in [6.45, 7) is 2.54. The summed E-state index contributed by atoms with van der Waals surface area (Å²) in [5.41, 5.74) is 0.330. The van der Waals surface area contributed by atoms with Crippen LogP contribution in [0.1, 0.15) is 12.7 Å². The molecule has 0 unspecified atom stereocenters. The molecule has 2 amide bonds. The minimum absolute atomic E-state index is 0.0668. The average Bonchev–Trinajstić information content (AvgIpc) is 3.26. The summed E-state index contributed by atoms with van der Waals surface area (Å²) in [6.07, 6.45) is 3.88. The van der Waals surface area contributed by atoms with E-state index in [1.165, 1.54) is 34.8 Å². The van der Waals surface area contributed by atoms with Crippen LogP contribution in [-0.2, 0) is 19.6 Å². The number of nitrogens with zero attached hydrogens (tertiary/aromatic N) is 2. The minimum atomic E-state index is -3.77. The predicted octanol–water partition coefficient (Wildman–Crippen LogP) is 1.55. The summed E-state index contributed by atoms with van der Waals surface area (Å²) >= 11 is 0. The lowest BCUT2D eigenvalue weighted by Gasteiger charge is -2.33. The molecule has 0 bridgehead atoms. The first-order valence-corrected chi connectivity index (χ1v) is 10.9. The molecular formula is C20H21N3O6S. The number of nitrogens with one attached hydrogen (secondary N) is 1. The first-order chi connectivity index (χ1) is 14.3. The van der Waals surface area contributed by atoms with Gasteiger partial charge in [0.1, 0.15) is 11.5 Å². The van der Waals surface area contributed by atoms with Crippen molar-refractivity contribution in [2.45, 2.75) is 17.9 Å². The van der Waals surface area contributed by atoms with Gasteiger partial charge in [-0.15, -0.1) is 0 Å². The minimum Gasteiger partial charge on any atom is -0.479 e. The van der Waals surface area contributed by atoms with Crippen LogP contribution in [-0.4, -0.2) is 61.7 Å². The number of piperazine rings is 1. The van der Waals surface area contributed by atoms with E-state index < -0.39 is 16.1 Å².